The number of rotatable bonds is 6. The van der Waals surface area contributed by atoms with E-state index in [2.05, 4.69) is 5.10 Å². The lowest BCUT2D eigenvalue weighted by atomic mass is 10.1. The number of ether oxygens (including phenoxy) is 3. The molecule has 0 aliphatic carbocycles. The Morgan fingerprint density at radius 1 is 1.03 bits per heavy atom. The van der Waals surface area contributed by atoms with E-state index in [0.29, 0.717) is 6.42 Å². The zero-order valence-electron chi connectivity index (χ0n) is 17.1. The molecule has 1 aliphatic heterocycles. The van der Waals surface area contributed by atoms with Crippen molar-refractivity contribution in [2.24, 2.45) is 0 Å². The van der Waals surface area contributed by atoms with Crippen LogP contribution < -0.4 is 15.0 Å². The standard InChI is InChI=1S/C23H22Cl2N2O4/c1-14-3-7-16(8-4-14)29-13-20-19(30-17-9-5-15(2)6-10-17)11-21(31-20)27-23(28)22(25)18(24)12-26-27/h3-10,12,19-21H,11,13H2,1-2H3/t19-,20+,21-/m0/s1. The number of hydrogen-bond acceptors (Lipinski definition) is 5. The van der Waals surface area contributed by atoms with E-state index >= 15 is 0 Å². The first-order valence-electron chi connectivity index (χ1n) is 9.92. The van der Waals surface area contributed by atoms with Crippen molar-refractivity contribution in [3.05, 3.63) is 86.3 Å². The predicted molar refractivity (Wildman–Crippen MR) is 119 cm³/mol. The van der Waals surface area contributed by atoms with Crippen LogP contribution in [0.3, 0.4) is 0 Å². The molecule has 0 N–H and O–H groups in total. The number of hydrogen-bond donors (Lipinski definition) is 0. The highest BCUT2D eigenvalue weighted by atomic mass is 35.5. The average Bonchev–Trinajstić information content (AvgIpc) is 3.15. The minimum atomic E-state index is -0.649. The second kappa shape index (κ2) is 9.30. The third-order valence-electron chi connectivity index (χ3n) is 5.10. The monoisotopic (exact) mass is 460 g/mol. The van der Waals surface area contributed by atoms with Gasteiger partial charge in [-0.2, -0.15) is 9.78 Å². The summed E-state index contributed by atoms with van der Waals surface area (Å²) in [7, 11) is 0. The highest BCUT2D eigenvalue weighted by molar-refractivity contribution is 6.41. The summed E-state index contributed by atoms with van der Waals surface area (Å²) in [6, 6.07) is 15.5. The smallest absolute Gasteiger partial charge is 0.289 e. The van der Waals surface area contributed by atoms with Crippen LogP contribution in [0.15, 0.2) is 59.5 Å². The van der Waals surface area contributed by atoms with Crippen molar-refractivity contribution in [1.82, 2.24) is 9.78 Å². The molecule has 6 nitrogen and oxygen atoms in total. The molecule has 1 fully saturated rings. The largest absolute Gasteiger partial charge is 0.491 e. The zero-order valence-corrected chi connectivity index (χ0v) is 18.6. The van der Waals surface area contributed by atoms with Crippen LogP contribution in [-0.2, 0) is 4.74 Å². The fourth-order valence-electron chi connectivity index (χ4n) is 3.36. The van der Waals surface area contributed by atoms with E-state index in [1.807, 2.05) is 62.4 Å². The van der Waals surface area contributed by atoms with Gasteiger partial charge in [-0.1, -0.05) is 58.6 Å². The third-order valence-corrected chi connectivity index (χ3v) is 5.85. The van der Waals surface area contributed by atoms with Gasteiger partial charge in [0.1, 0.15) is 35.3 Å². The van der Waals surface area contributed by atoms with E-state index in [0.717, 1.165) is 22.6 Å². The quantitative estimate of drug-likeness (QED) is 0.518. The highest BCUT2D eigenvalue weighted by Gasteiger charge is 2.39. The molecule has 0 amide bonds. The van der Waals surface area contributed by atoms with E-state index in [-0.39, 0.29) is 22.8 Å². The molecule has 1 aromatic heterocycles. The molecule has 8 heteroatoms. The lowest BCUT2D eigenvalue weighted by Crippen LogP contribution is -2.32. The molecule has 0 unspecified atom stereocenters. The number of aryl methyl sites for hydroxylation is 2. The summed E-state index contributed by atoms with van der Waals surface area (Å²) in [5.41, 5.74) is 1.78. The highest BCUT2D eigenvalue weighted by Crippen LogP contribution is 2.32. The van der Waals surface area contributed by atoms with Crippen LogP contribution in [0.5, 0.6) is 11.5 Å². The van der Waals surface area contributed by atoms with E-state index in [9.17, 15) is 4.79 Å². The normalized spacial score (nSPS) is 20.6. The van der Waals surface area contributed by atoms with Crippen LogP contribution >= 0.6 is 23.2 Å². The molecule has 162 valence electrons. The van der Waals surface area contributed by atoms with Gasteiger partial charge in [-0.15, -0.1) is 0 Å². The molecular formula is C23H22Cl2N2O4. The molecule has 1 aliphatic rings. The van der Waals surface area contributed by atoms with Gasteiger partial charge in [-0.25, -0.2) is 0 Å². The fourth-order valence-corrected chi connectivity index (χ4v) is 3.62. The molecule has 2 aromatic carbocycles. The Hall–Kier alpha value is -2.54. The second-order valence-electron chi connectivity index (χ2n) is 7.51. The Balaban J connectivity index is 1.54. The molecule has 0 bridgehead atoms. The zero-order chi connectivity index (χ0) is 22.0. The number of nitrogens with zero attached hydrogens (tertiary/aromatic N) is 2. The summed E-state index contributed by atoms with van der Waals surface area (Å²) < 4.78 is 19.4. The first-order chi connectivity index (χ1) is 14.9. The maximum absolute atomic E-state index is 12.5. The number of aromatic nitrogens is 2. The van der Waals surface area contributed by atoms with Gasteiger partial charge in [0.2, 0.25) is 0 Å². The van der Waals surface area contributed by atoms with Crippen LogP contribution in [0, 0.1) is 13.8 Å². The average molecular weight is 461 g/mol. The molecule has 0 radical (unpaired) electrons. The maximum atomic E-state index is 12.5. The molecule has 4 rings (SSSR count). The van der Waals surface area contributed by atoms with Gasteiger partial charge in [0.15, 0.2) is 6.23 Å². The van der Waals surface area contributed by atoms with Crippen LogP contribution in [-0.4, -0.2) is 28.6 Å². The molecule has 0 saturated carbocycles. The molecule has 3 atom stereocenters. The van der Waals surface area contributed by atoms with Crippen molar-refractivity contribution >= 4 is 23.2 Å². The van der Waals surface area contributed by atoms with Crippen molar-refractivity contribution in [2.45, 2.75) is 38.7 Å². The van der Waals surface area contributed by atoms with Crippen molar-refractivity contribution in [3.8, 4) is 11.5 Å². The minimum absolute atomic E-state index is 0.0874. The Kier molecular flexibility index (Phi) is 6.51. The van der Waals surface area contributed by atoms with E-state index in [1.165, 1.54) is 10.9 Å². The lowest BCUT2D eigenvalue weighted by Gasteiger charge is -2.20. The Bertz CT molecular complexity index is 1100. The Morgan fingerprint density at radius 3 is 2.29 bits per heavy atom. The molecule has 2 heterocycles. The van der Waals surface area contributed by atoms with Crippen molar-refractivity contribution in [3.63, 3.8) is 0 Å². The molecule has 0 spiro atoms. The minimum Gasteiger partial charge on any atom is -0.491 e. The lowest BCUT2D eigenvalue weighted by molar-refractivity contribution is -0.0418. The molecule has 1 saturated heterocycles. The van der Waals surface area contributed by atoms with Gasteiger partial charge in [-0.05, 0) is 38.1 Å². The second-order valence-corrected chi connectivity index (χ2v) is 8.30. The fraction of sp³-hybridized carbons (Fsp3) is 0.304. The molecular weight excluding hydrogens is 439 g/mol. The Labute approximate surface area is 190 Å². The van der Waals surface area contributed by atoms with Gasteiger partial charge in [0, 0.05) is 6.42 Å². The van der Waals surface area contributed by atoms with E-state index in [1.54, 1.807) is 0 Å². The van der Waals surface area contributed by atoms with Gasteiger partial charge in [-0.3, -0.25) is 4.79 Å². The molecule has 3 aromatic rings. The van der Waals surface area contributed by atoms with Crippen molar-refractivity contribution in [2.75, 3.05) is 6.61 Å². The Morgan fingerprint density at radius 2 is 1.65 bits per heavy atom. The summed E-state index contributed by atoms with van der Waals surface area (Å²) in [6.45, 7) is 4.28. The first-order valence-corrected chi connectivity index (χ1v) is 10.7. The van der Waals surface area contributed by atoms with Gasteiger partial charge in [0.05, 0.1) is 11.2 Å². The van der Waals surface area contributed by atoms with Crippen molar-refractivity contribution < 1.29 is 14.2 Å². The summed E-state index contributed by atoms with van der Waals surface area (Å²) in [5, 5.41) is 4.12. The van der Waals surface area contributed by atoms with Crippen molar-refractivity contribution in [1.29, 1.82) is 0 Å². The summed E-state index contributed by atoms with van der Waals surface area (Å²) in [5.74, 6) is 1.45. The van der Waals surface area contributed by atoms with E-state index < -0.39 is 17.9 Å². The predicted octanol–water partition coefficient (Wildman–Crippen LogP) is 4.98. The molecule has 31 heavy (non-hydrogen) atoms. The number of benzene rings is 2. The van der Waals surface area contributed by atoms with Gasteiger partial charge >= 0.3 is 0 Å². The first kappa shape index (κ1) is 21.7. The summed E-state index contributed by atoms with van der Waals surface area (Å²) in [6.07, 6.45) is 0.322. The van der Waals surface area contributed by atoms with Crippen LogP contribution in [0.4, 0.5) is 0 Å². The maximum Gasteiger partial charge on any atom is 0.289 e. The van der Waals surface area contributed by atoms with Crippen LogP contribution in [0.2, 0.25) is 10.0 Å². The van der Waals surface area contributed by atoms with Gasteiger partial charge < -0.3 is 14.2 Å². The summed E-state index contributed by atoms with van der Waals surface area (Å²) in [4.78, 5) is 12.5. The van der Waals surface area contributed by atoms with Crippen LogP contribution in [0.25, 0.3) is 0 Å². The third kappa shape index (κ3) is 5.03. The summed E-state index contributed by atoms with van der Waals surface area (Å²) >= 11 is 11.9. The topological polar surface area (TPSA) is 62.6 Å². The number of halogens is 2. The van der Waals surface area contributed by atoms with Crippen LogP contribution in [0.1, 0.15) is 23.8 Å². The van der Waals surface area contributed by atoms with Gasteiger partial charge in [0.25, 0.3) is 5.56 Å². The SMILES string of the molecule is Cc1ccc(OC[C@H]2O[C@H](n3ncc(Cl)c(Cl)c3=O)C[C@@H]2Oc2ccc(C)cc2)cc1. The van der Waals surface area contributed by atoms with E-state index in [4.69, 9.17) is 37.4 Å².